The first kappa shape index (κ1) is 33.5. The van der Waals surface area contributed by atoms with Gasteiger partial charge in [-0.25, -0.2) is 0 Å². The first-order chi connectivity index (χ1) is 24.3. The van der Waals surface area contributed by atoms with Gasteiger partial charge in [0, 0.05) is 16.8 Å². The Bertz CT molecular complexity index is 2130. The minimum Gasteiger partial charge on any atom is -0.310 e. The van der Waals surface area contributed by atoms with Gasteiger partial charge in [-0.05, 0) is 128 Å². The SMILES string of the molecule is CC1(C)CCC(C)(C)c2cc3c(N(c4ccc(-c5ccccc5)cc4)c4ccc(-c5ccccc5)cc4)c4c(cc3cc21)C(C)(C)CCC4(C)C. The second kappa shape index (κ2) is 12.0. The maximum Gasteiger partial charge on any atom is 0.0580 e. The molecule has 2 aliphatic rings. The smallest absolute Gasteiger partial charge is 0.0580 e. The summed E-state index contributed by atoms with van der Waals surface area (Å²) in [4.78, 5) is 2.60. The molecule has 0 heterocycles. The summed E-state index contributed by atoms with van der Waals surface area (Å²) in [6.07, 6.45) is 4.74. The quantitative estimate of drug-likeness (QED) is 0.177. The summed E-state index contributed by atoms with van der Waals surface area (Å²) in [7, 11) is 0. The number of hydrogen-bond donors (Lipinski definition) is 0. The van der Waals surface area contributed by atoms with Gasteiger partial charge in [-0.2, -0.15) is 0 Å². The molecular weight excluding hydrogens is 615 g/mol. The predicted octanol–water partition coefficient (Wildman–Crippen LogP) is 14.3. The van der Waals surface area contributed by atoms with Crippen LogP contribution in [0.2, 0.25) is 0 Å². The minimum atomic E-state index is 0.00524. The average molecular weight is 668 g/mol. The average Bonchev–Trinajstić information content (AvgIpc) is 3.13. The molecule has 0 atom stereocenters. The van der Waals surface area contributed by atoms with Crippen molar-refractivity contribution >= 4 is 27.8 Å². The van der Waals surface area contributed by atoms with Crippen LogP contribution in [-0.4, -0.2) is 0 Å². The number of anilines is 3. The van der Waals surface area contributed by atoms with Gasteiger partial charge >= 0.3 is 0 Å². The second-order valence-corrected chi connectivity index (χ2v) is 18.0. The van der Waals surface area contributed by atoms with Crippen LogP contribution in [0.5, 0.6) is 0 Å². The molecular formula is C50H53N. The molecule has 0 spiro atoms. The topological polar surface area (TPSA) is 3.24 Å². The third-order valence-corrected chi connectivity index (χ3v) is 12.6. The predicted molar refractivity (Wildman–Crippen MR) is 220 cm³/mol. The second-order valence-electron chi connectivity index (χ2n) is 18.0. The summed E-state index contributed by atoms with van der Waals surface area (Å²) in [5.41, 5.74) is 15.0. The normalized spacial score (nSPS) is 18.1. The third-order valence-electron chi connectivity index (χ3n) is 12.6. The van der Waals surface area contributed by atoms with Gasteiger partial charge in [0.1, 0.15) is 0 Å². The number of nitrogens with zero attached hydrogens (tertiary/aromatic N) is 1. The van der Waals surface area contributed by atoms with E-state index in [0.29, 0.717) is 0 Å². The fourth-order valence-corrected chi connectivity index (χ4v) is 9.06. The van der Waals surface area contributed by atoms with Crippen LogP contribution >= 0.6 is 0 Å². The number of rotatable bonds is 5. The van der Waals surface area contributed by atoms with Gasteiger partial charge < -0.3 is 4.90 Å². The van der Waals surface area contributed by atoms with E-state index in [1.807, 2.05) is 0 Å². The first-order valence-corrected chi connectivity index (χ1v) is 19.0. The fraction of sp³-hybridized carbons (Fsp3) is 0.320. The van der Waals surface area contributed by atoms with Crippen LogP contribution in [-0.2, 0) is 21.7 Å². The molecule has 1 nitrogen and oxygen atoms in total. The van der Waals surface area contributed by atoms with Crippen LogP contribution in [0.25, 0.3) is 33.0 Å². The summed E-state index contributed by atoms with van der Waals surface area (Å²) in [5, 5.41) is 2.73. The zero-order chi connectivity index (χ0) is 35.8. The summed E-state index contributed by atoms with van der Waals surface area (Å²) < 4.78 is 0. The van der Waals surface area contributed by atoms with Gasteiger partial charge in [-0.1, -0.05) is 152 Å². The maximum atomic E-state index is 2.61. The van der Waals surface area contributed by atoms with Crippen molar-refractivity contribution in [1.82, 2.24) is 0 Å². The molecule has 0 N–H and O–H groups in total. The van der Waals surface area contributed by atoms with E-state index in [1.165, 1.54) is 91.6 Å². The molecule has 0 saturated heterocycles. The van der Waals surface area contributed by atoms with Gasteiger partial charge in [-0.15, -0.1) is 0 Å². The van der Waals surface area contributed by atoms with E-state index >= 15 is 0 Å². The van der Waals surface area contributed by atoms with Crippen molar-refractivity contribution in [2.45, 2.75) is 103 Å². The molecule has 0 saturated carbocycles. The van der Waals surface area contributed by atoms with E-state index in [0.717, 1.165) is 6.42 Å². The monoisotopic (exact) mass is 667 g/mol. The fourth-order valence-electron chi connectivity index (χ4n) is 9.06. The molecule has 0 bridgehead atoms. The lowest BCUT2D eigenvalue weighted by Crippen LogP contribution is -2.36. The van der Waals surface area contributed by atoms with Gasteiger partial charge in [0.15, 0.2) is 0 Å². The standard InChI is InChI=1S/C50H53N/c1-47(2)27-28-48(3,4)43-33-41-38(31-42(43)47)32-44-45(50(7,8)30-29-49(44,5)6)46(41)51(39-23-19-36(20-24-39)34-15-11-9-12-16-34)40-25-21-37(22-26-40)35-17-13-10-14-18-35/h9-26,31-33H,27-30H2,1-8H3. The van der Waals surface area contributed by atoms with Gasteiger partial charge in [0.25, 0.3) is 0 Å². The van der Waals surface area contributed by atoms with Crippen molar-refractivity contribution in [2.75, 3.05) is 4.90 Å². The molecule has 1 heteroatoms. The Hall–Kier alpha value is -4.62. The molecule has 0 amide bonds. The van der Waals surface area contributed by atoms with E-state index < -0.39 is 0 Å². The first-order valence-electron chi connectivity index (χ1n) is 19.0. The van der Waals surface area contributed by atoms with Gasteiger partial charge in [-0.3, -0.25) is 0 Å². The van der Waals surface area contributed by atoms with Crippen molar-refractivity contribution in [3.63, 3.8) is 0 Å². The van der Waals surface area contributed by atoms with Crippen LogP contribution in [0, 0.1) is 0 Å². The van der Waals surface area contributed by atoms with E-state index in [1.54, 1.807) is 0 Å². The lowest BCUT2D eigenvalue weighted by atomic mass is 9.60. The molecule has 0 unspecified atom stereocenters. The van der Waals surface area contributed by atoms with E-state index in [4.69, 9.17) is 0 Å². The highest BCUT2D eigenvalue weighted by molar-refractivity contribution is 6.03. The van der Waals surface area contributed by atoms with Crippen molar-refractivity contribution in [2.24, 2.45) is 0 Å². The van der Waals surface area contributed by atoms with Crippen LogP contribution in [0.15, 0.2) is 127 Å². The highest BCUT2D eigenvalue weighted by atomic mass is 15.1. The molecule has 2 aliphatic carbocycles. The van der Waals surface area contributed by atoms with Crippen LogP contribution in [0.3, 0.4) is 0 Å². The highest BCUT2D eigenvalue weighted by Gasteiger charge is 2.43. The third kappa shape index (κ3) is 5.80. The Kier molecular flexibility index (Phi) is 7.87. The molecule has 8 rings (SSSR count). The Balaban J connectivity index is 1.45. The van der Waals surface area contributed by atoms with Crippen molar-refractivity contribution < 1.29 is 0 Å². The largest absolute Gasteiger partial charge is 0.310 e. The zero-order valence-corrected chi connectivity index (χ0v) is 31.9. The molecule has 0 radical (unpaired) electrons. The minimum absolute atomic E-state index is 0.00524. The molecule has 51 heavy (non-hydrogen) atoms. The Morgan fingerprint density at radius 3 is 1.24 bits per heavy atom. The molecule has 0 aliphatic heterocycles. The number of hydrogen-bond acceptors (Lipinski definition) is 1. The molecule has 0 fully saturated rings. The van der Waals surface area contributed by atoms with Crippen LogP contribution < -0.4 is 4.90 Å². The summed E-state index contributed by atoms with van der Waals surface area (Å²) in [6, 6.07) is 47.8. The van der Waals surface area contributed by atoms with Crippen molar-refractivity contribution in [1.29, 1.82) is 0 Å². The van der Waals surface area contributed by atoms with E-state index in [-0.39, 0.29) is 21.7 Å². The molecule has 258 valence electrons. The molecule has 6 aromatic rings. The summed E-state index contributed by atoms with van der Waals surface area (Å²) in [5.74, 6) is 0. The van der Waals surface area contributed by atoms with Gasteiger partial charge in [0.2, 0.25) is 0 Å². The maximum absolute atomic E-state index is 2.61. The number of benzene rings is 6. The van der Waals surface area contributed by atoms with Crippen molar-refractivity contribution in [3.8, 4) is 22.3 Å². The lowest BCUT2D eigenvalue weighted by molar-refractivity contribution is 0.331. The Morgan fingerprint density at radius 2 is 0.765 bits per heavy atom. The number of fused-ring (bicyclic) bond motifs is 3. The lowest BCUT2D eigenvalue weighted by Gasteiger charge is -2.46. The highest BCUT2D eigenvalue weighted by Crippen LogP contribution is 2.56. The summed E-state index contributed by atoms with van der Waals surface area (Å²) >= 11 is 0. The van der Waals surface area contributed by atoms with Crippen LogP contribution in [0.1, 0.15) is 103 Å². The Morgan fingerprint density at radius 1 is 0.392 bits per heavy atom. The summed E-state index contributed by atoms with van der Waals surface area (Å²) in [6.45, 7) is 19.7. The van der Waals surface area contributed by atoms with Crippen LogP contribution in [0.4, 0.5) is 17.1 Å². The van der Waals surface area contributed by atoms with Crippen molar-refractivity contribution in [3.05, 3.63) is 150 Å². The Labute approximate surface area is 306 Å². The van der Waals surface area contributed by atoms with E-state index in [2.05, 4.69) is 188 Å². The van der Waals surface area contributed by atoms with E-state index in [9.17, 15) is 0 Å². The zero-order valence-electron chi connectivity index (χ0n) is 31.9. The van der Waals surface area contributed by atoms with Gasteiger partial charge in [0.05, 0.1) is 5.69 Å². The molecule has 6 aromatic carbocycles. The molecule has 0 aromatic heterocycles.